The molecule has 2 N–H and O–H groups in total. The van der Waals surface area contributed by atoms with Gasteiger partial charge in [-0.15, -0.1) is 0 Å². The van der Waals surface area contributed by atoms with E-state index in [4.69, 9.17) is 14.2 Å². The summed E-state index contributed by atoms with van der Waals surface area (Å²) in [4.78, 5) is 0.0349. The van der Waals surface area contributed by atoms with Crippen molar-refractivity contribution < 1.29 is 27.7 Å². The molecule has 0 amide bonds. The molecule has 0 aliphatic carbocycles. The van der Waals surface area contributed by atoms with Crippen LogP contribution in [0.3, 0.4) is 0 Å². The van der Waals surface area contributed by atoms with E-state index in [9.17, 15) is 13.5 Å². The van der Waals surface area contributed by atoms with Crippen molar-refractivity contribution in [2.75, 3.05) is 27.9 Å². The maximum Gasteiger partial charge on any atom is 0.287 e. The van der Waals surface area contributed by atoms with Gasteiger partial charge in [-0.3, -0.25) is 5.43 Å². The number of fused-ring (bicyclic) bond motifs is 1. The Hall–Kier alpha value is -3.11. The number of aromatic hydroxyl groups is 1. The van der Waals surface area contributed by atoms with E-state index in [2.05, 4.69) is 14.9 Å². The lowest BCUT2D eigenvalue weighted by Crippen LogP contribution is -2.37. The number of hydrogen-bond acceptors (Lipinski definition) is 8. The lowest BCUT2D eigenvalue weighted by molar-refractivity contribution is 0.186. The Balaban J connectivity index is 1.88. The van der Waals surface area contributed by atoms with E-state index >= 15 is 0 Å². The molecule has 1 aliphatic rings. The number of ether oxygens (including phenoxy) is 3. The Kier molecular flexibility index (Phi) is 6.04. The predicted octanol–water partition coefficient (Wildman–Crippen LogP) is 1.54. The lowest BCUT2D eigenvalue weighted by atomic mass is 10.0. The number of hydrogen-bond donors (Lipinski definition) is 2. The van der Waals surface area contributed by atoms with Crippen LogP contribution in [-0.4, -0.2) is 59.4 Å². The van der Waals surface area contributed by atoms with E-state index in [0.717, 1.165) is 0 Å². The summed E-state index contributed by atoms with van der Waals surface area (Å²) in [6, 6.07) is 9.09. The fourth-order valence-corrected chi connectivity index (χ4v) is 4.37. The second-order valence-electron chi connectivity index (χ2n) is 6.12. The van der Waals surface area contributed by atoms with Gasteiger partial charge in [0.2, 0.25) is 0 Å². The molecule has 0 bridgehead atoms. The minimum Gasteiger partial charge on any atom is -0.504 e. The molecule has 1 atom stereocenters. The number of phenols is 1. The quantitative estimate of drug-likeness (QED) is 0.492. The maximum absolute atomic E-state index is 12.5. The summed E-state index contributed by atoms with van der Waals surface area (Å²) in [5.41, 5.74) is 4.29. The van der Waals surface area contributed by atoms with Crippen LogP contribution in [0.4, 0.5) is 0 Å². The van der Waals surface area contributed by atoms with E-state index < -0.39 is 16.1 Å². The largest absolute Gasteiger partial charge is 0.504 e. The van der Waals surface area contributed by atoms with Crippen molar-refractivity contribution in [3.05, 3.63) is 47.5 Å². The Bertz CT molecular complexity index is 1070. The number of rotatable bonds is 8. The van der Waals surface area contributed by atoms with E-state index in [1.807, 2.05) is 0 Å². The summed E-state index contributed by atoms with van der Waals surface area (Å²) >= 11 is 0. The second-order valence-corrected chi connectivity index (χ2v) is 7.66. The van der Waals surface area contributed by atoms with Gasteiger partial charge in [0.15, 0.2) is 11.5 Å². The summed E-state index contributed by atoms with van der Waals surface area (Å²) in [5, 5.41) is 13.8. The van der Waals surface area contributed by atoms with Gasteiger partial charge in [0.25, 0.3) is 10.0 Å². The zero-order valence-electron chi connectivity index (χ0n) is 16.1. The van der Waals surface area contributed by atoms with Crippen LogP contribution in [0.15, 0.2) is 50.8 Å². The molecule has 0 spiro atoms. The molecule has 3 rings (SSSR count). The highest BCUT2D eigenvalue weighted by Gasteiger charge is 2.36. The van der Waals surface area contributed by atoms with Crippen molar-refractivity contribution in [2.24, 2.45) is 9.50 Å². The monoisotopic (exact) mass is 419 g/mol. The van der Waals surface area contributed by atoms with Crippen LogP contribution in [0.25, 0.3) is 0 Å². The van der Waals surface area contributed by atoms with Gasteiger partial charge < -0.3 is 19.3 Å². The Morgan fingerprint density at radius 2 is 1.93 bits per heavy atom. The molecule has 0 radical (unpaired) electrons. The lowest BCUT2D eigenvalue weighted by Gasteiger charge is -2.16. The van der Waals surface area contributed by atoms with Crippen LogP contribution in [0.1, 0.15) is 11.1 Å². The average molecular weight is 419 g/mol. The normalized spacial score (nSPS) is 15.6. The first-order chi connectivity index (χ1) is 13.9. The third-order valence-electron chi connectivity index (χ3n) is 4.26. The minimum atomic E-state index is -3.88. The number of phenolic OH excluding ortho intramolecular Hbond substituents is 1. The van der Waals surface area contributed by atoms with Gasteiger partial charge >= 0.3 is 0 Å². The highest BCUT2D eigenvalue weighted by Crippen LogP contribution is 2.35. The highest BCUT2D eigenvalue weighted by molar-refractivity contribution is 7.91. The van der Waals surface area contributed by atoms with E-state index in [0.29, 0.717) is 22.6 Å². The molecule has 2 aromatic rings. The number of hydrazone groups is 1. The van der Waals surface area contributed by atoms with Gasteiger partial charge in [0, 0.05) is 12.7 Å². The minimum absolute atomic E-state index is 0.0194. The molecule has 29 heavy (non-hydrogen) atoms. The Labute approximate surface area is 168 Å². The zero-order valence-corrected chi connectivity index (χ0v) is 16.9. The van der Waals surface area contributed by atoms with Gasteiger partial charge in [-0.1, -0.05) is 12.1 Å². The molecule has 1 aliphatic heterocycles. The first kappa shape index (κ1) is 20.6. The fraction of sp³-hybridized carbons (Fsp3) is 0.263. The van der Waals surface area contributed by atoms with Crippen molar-refractivity contribution in [1.82, 2.24) is 5.43 Å². The van der Waals surface area contributed by atoms with Crippen molar-refractivity contribution in [1.29, 1.82) is 0 Å². The van der Waals surface area contributed by atoms with Gasteiger partial charge in [0.1, 0.15) is 16.7 Å². The standard InChI is InChI=1S/C19H21N3O6S/c1-26-11-14(21-20-10-12-7-8-15(23)17(9-12)28-3)18-13-5-4-6-16(27-2)19(13)29(24,25)22-18/h4-10,14,21,23H,11H2,1-3H3/b20-10+. The highest BCUT2D eigenvalue weighted by atomic mass is 32.2. The van der Waals surface area contributed by atoms with Crippen LogP contribution in [0.5, 0.6) is 17.2 Å². The maximum atomic E-state index is 12.5. The molecular weight excluding hydrogens is 398 g/mol. The van der Waals surface area contributed by atoms with Crippen LogP contribution >= 0.6 is 0 Å². The molecule has 0 aromatic heterocycles. The summed E-state index contributed by atoms with van der Waals surface area (Å²) < 4.78 is 44.5. The van der Waals surface area contributed by atoms with Gasteiger partial charge in [-0.05, 0) is 29.8 Å². The van der Waals surface area contributed by atoms with Crippen LogP contribution in [-0.2, 0) is 14.8 Å². The van der Waals surface area contributed by atoms with Crippen molar-refractivity contribution in [3.8, 4) is 17.2 Å². The van der Waals surface area contributed by atoms with Crippen molar-refractivity contribution in [3.63, 3.8) is 0 Å². The van der Waals surface area contributed by atoms with E-state index in [1.54, 1.807) is 30.3 Å². The third kappa shape index (κ3) is 4.17. The summed E-state index contributed by atoms with van der Waals surface area (Å²) in [7, 11) is 0.478. The van der Waals surface area contributed by atoms with Crippen molar-refractivity contribution in [2.45, 2.75) is 10.9 Å². The molecule has 10 heteroatoms. The van der Waals surface area contributed by atoms with Crippen LogP contribution < -0.4 is 14.9 Å². The fourth-order valence-electron chi connectivity index (χ4n) is 2.94. The van der Waals surface area contributed by atoms with Crippen LogP contribution in [0, 0.1) is 0 Å². The van der Waals surface area contributed by atoms with Gasteiger partial charge in [0.05, 0.1) is 32.8 Å². The Morgan fingerprint density at radius 1 is 1.17 bits per heavy atom. The average Bonchev–Trinajstić information content (AvgIpc) is 2.99. The molecule has 1 unspecified atom stereocenters. The topological polar surface area (TPSA) is 119 Å². The molecular formula is C19H21N3O6S. The molecule has 0 saturated carbocycles. The summed E-state index contributed by atoms with van der Waals surface area (Å²) in [6.45, 7) is 0.140. The first-order valence-corrected chi connectivity index (χ1v) is 10.0. The predicted molar refractivity (Wildman–Crippen MR) is 108 cm³/mol. The smallest absolute Gasteiger partial charge is 0.287 e. The SMILES string of the molecule is COCC(N/N=C/c1ccc(O)c(OC)c1)C1=NS(=O)(=O)c2c(OC)cccc21. The molecule has 0 saturated heterocycles. The number of benzene rings is 2. The summed E-state index contributed by atoms with van der Waals surface area (Å²) in [5.74, 6) is 0.567. The van der Waals surface area contributed by atoms with E-state index in [-0.39, 0.29) is 23.0 Å². The van der Waals surface area contributed by atoms with Gasteiger partial charge in [-0.2, -0.15) is 17.9 Å². The Morgan fingerprint density at radius 3 is 2.62 bits per heavy atom. The molecule has 154 valence electrons. The summed E-state index contributed by atoms with van der Waals surface area (Å²) in [6.07, 6.45) is 1.51. The number of nitrogens with zero attached hydrogens (tertiary/aromatic N) is 2. The third-order valence-corrected chi connectivity index (χ3v) is 5.64. The van der Waals surface area contributed by atoms with Gasteiger partial charge in [-0.25, -0.2) is 0 Å². The second kappa shape index (κ2) is 8.50. The van der Waals surface area contributed by atoms with Crippen LogP contribution in [0.2, 0.25) is 0 Å². The molecule has 2 aromatic carbocycles. The number of methoxy groups -OCH3 is 3. The zero-order chi connectivity index (χ0) is 21.0. The number of sulfonamides is 1. The molecule has 0 fully saturated rings. The molecule has 1 heterocycles. The van der Waals surface area contributed by atoms with E-state index in [1.165, 1.54) is 33.6 Å². The molecule has 9 nitrogen and oxygen atoms in total. The number of nitrogens with one attached hydrogen (secondary N) is 1. The van der Waals surface area contributed by atoms with Crippen molar-refractivity contribution >= 4 is 21.9 Å². The first-order valence-electron chi connectivity index (χ1n) is 8.58.